The summed E-state index contributed by atoms with van der Waals surface area (Å²) in [6, 6.07) is 7.50. The Morgan fingerprint density at radius 2 is 2.30 bits per heavy atom. The molecule has 2 N–H and O–H groups in total. The highest BCUT2D eigenvalue weighted by Gasteiger charge is 2.20. The molecule has 1 aromatic rings. The van der Waals surface area contributed by atoms with Gasteiger partial charge < -0.3 is 15.4 Å². The topological polar surface area (TPSA) is 50.4 Å². The van der Waals surface area contributed by atoms with E-state index in [9.17, 15) is 4.79 Å². The molecule has 0 aromatic heterocycles. The predicted octanol–water partition coefficient (Wildman–Crippen LogP) is 2.98. The van der Waals surface area contributed by atoms with Crippen molar-refractivity contribution in [2.45, 2.75) is 38.6 Å². The molecule has 1 amide bonds. The number of anilines is 1. The minimum absolute atomic E-state index is 0. The number of ether oxygens (including phenoxy) is 1. The molecule has 0 bridgehead atoms. The van der Waals surface area contributed by atoms with Crippen LogP contribution in [0, 0.1) is 0 Å². The molecule has 1 heterocycles. The van der Waals surface area contributed by atoms with Crippen LogP contribution in [0.4, 0.5) is 5.69 Å². The smallest absolute Gasteiger partial charge is 0.241 e. The number of hydrogen-bond donors (Lipinski definition) is 2. The van der Waals surface area contributed by atoms with Crippen molar-refractivity contribution in [1.29, 1.82) is 0 Å². The summed E-state index contributed by atoms with van der Waals surface area (Å²) in [7, 11) is 0. The second-order valence-electron chi connectivity index (χ2n) is 4.87. The average Bonchev–Trinajstić information content (AvgIpc) is 2.46. The third-order valence-corrected chi connectivity index (χ3v) is 3.20. The van der Waals surface area contributed by atoms with Gasteiger partial charge in [-0.15, -0.1) is 12.4 Å². The van der Waals surface area contributed by atoms with Crippen LogP contribution in [0.2, 0.25) is 0 Å². The highest BCUT2D eigenvalue weighted by molar-refractivity contribution is 5.95. The maximum Gasteiger partial charge on any atom is 0.241 e. The van der Waals surface area contributed by atoms with E-state index in [-0.39, 0.29) is 24.4 Å². The standard InChI is InChI=1S/C15H22N2O2.ClH/c1-2-10-19-13-7-5-6-12(11-13)17-15(18)14-8-3-4-9-16-14;/h5-7,11,14,16H,2-4,8-10H2,1H3,(H,17,18);1H. The molecule has 20 heavy (non-hydrogen) atoms. The monoisotopic (exact) mass is 298 g/mol. The van der Waals surface area contributed by atoms with E-state index >= 15 is 0 Å². The van der Waals surface area contributed by atoms with Gasteiger partial charge in [-0.2, -0.15) is 0 Å². The molecule has 1 aliphatic rings. The van der Waals surface area contributed by atoms with Crippen LogP contribution in [0.1, 0.15) is 32.6 Å². The lowest BCUT2D eigenvalue weighted by molar-refractivity contribution is -0.118. The predicted molar refractivity (Wildman–Crippen MR) is 83.7 cm³/mol. The molecular formula is C15H23ClN2O2. The highest BCUT2D eigenvalue weighted by Crippen LogP contribution is 2.18. The molecule has 5 heteroatoms. The fourth-order valence-electron chi connectivity index (χ4n) is 2.19. The molecule has 0 radical (unpaired) electrons. The molecule has 0 aliphatic carbocycles. The van der Waals surface area contributed by atoms with Crippen LogP contribution in [0.3, 0.4) is 0 Å². The van der Waals surface area contributed by atoms with E-state index in [0.29, 0.717) is 6.61 Å². The molecule has 1 saturated heterocycles. The van der Waals surface area contributed by atoms with Gasteiger partial charge in [0.15, 0.2) is 0 Å². The van der Waals surface area contributed by atoms with Crippen LogP contribution >= 0.6 is 12.4 Å². The molecule has 0 saturated carbocycles. The van der Waals surface area contributed by atoms with Gasteiger partial charge in [-0.1, -0.05) is 19.4 Å². The van der Waals surface area contributed by atoms with Gasteiger partial charge in [-0.3, -0.25) is 4.79 Å². The van der Waals surface area contributed by atoms with Gasteiger partial charge >= 0.3 is 0 Å². The molecule has 1 atom stereocenters. The lowest BCUT2D eigenvalue weighted by atomic mass is 10.0. The Labute approximate surface area is 126 Å². The van der Waals surface area contributed by atoms with Gasteiger partial charge in [0, 0.05) is 11.8 Å². The van der Waals surface area contributed by atoms with Crippen LogP contribution in [0.5, 0.6) is 5.75 Å². The van der Waals surface area contributed by atoms with Crippen molar-refractivity contribution in [3.63, 3.8) is 0 Å². The van der Waals surface area contributed by atoms with Crippen molar-refractivity contribution >= 4 is 24.0 Å². The van der Waals surface area contributed by atoms with Crippen molar-refractivity contribution in [2.75, 3.05) is 18.5 Å². The van der Waals surface area contributed by atoms with Gasteiger partial charge in [-0.25, -0.2) is 0 Å². The number of halogens is 1. The van der Waals surface area contributed by atoms with Crippen LogP contribution in [0.25, 0.3) is 0 Å². The second kappa shape index (κ2) is 8.82. The summed E-state index contributed by atoms with van der Waals surface area (Å²) in [5, 5.41) is 6.19. The average molecular weight is 299 g/mol. The maximum absolute atomic E-state index is 12.1. The van der Waals surface area contributed by atoms with Gasteiger partial charge in [-0.05, 0) is 37.9 Å². The Bertz CT molecular complexity index is 420. The number of rotatable bonds is 5. The van der Waals surface area contributed by atoms with Crippen molar-refractivity contribution in [2.24, 2.45) is 0 Å². The number of carbonyl (C=O) groups excluding carboxylic acids is 1. The SMILES string of the molecule is CCCOc1cccc(NC(=O)C2CCCCN2)c1.Cl. The van der Waals surface area contributed by atoms with Gasteiger partial charge in [0.25, 0.3) is 0 Å². The summed E-state index contributed by atoms with van der Waals surface area (Å²) in [6.45, 7) is 3.69. The first-order valence-electron chi connectivity index (χ1n) is 7.06. The molecule has 2 rings (SSSR count). The highest BCUT2D eigenvalue weighted by atomic mass is 35.5. The Morgan fingerprint density at radius 3 is 3.00 bits per heavy atom. The number of nitrogens with one attached hydrogen (secondary N) is 2. The van der Waals surface area contributed by atoms with E-state index < -0.39 is 0 Å². The van der Waals surface area contributed by atoms with Gasteiger partial charge in [0.05, 0.1) is 12.6 Å². The fourth-order valence-corrected chi connectivity index (χ4v) is 2.19. The number of hydrogen-bond acceptors (Lipinski definition) is 3. The van der Waals surface area contributed by atoms with Crippen LogP contribution < -0.4 is 15.4 Å². The summed E-state index contributed by atoms with van der Waals surface area (Å²) in [5.41, 5.74) is 0.797. The third-order valence-electron chi connectivity index (χ3n) is 3.20. The van der Waals surface area contributed by atoms with E-state index in [2.05, 4.69) is 17.6 Å². The quantitative estimate of drug-likeness (QED) is 0.878. The zero-order valence-electron chi connectivity index (χ0n) is 11.9. The van der Waals surface area contributed by atoms with E-state index in [1.807, 2.05) is 24.3 Å². The van der Waals surface area contributed by atoms with Crippen LogP contribution in [-0.2, 0) is 4.79 Å². The number of benzene rings is 1. The Morgan fingerprint density at radius 1 is 1.45 bits per heavy atom. The number of carbonyl (C=O) groups is 1. The minimum Gasteiger partial charge on any atom is -0.494 e. The number of piperidine rings is 1. The summed E-state index contributed by atoms with van der Waals surface area (Å²) in [4.78, 5) is 12.1. The Kier molecular flexibility index (Phi) is 7.41. The maximum atomic E-state index is 12.1. The lowest BCUT2D eigenvalue weighted by Gasteiger charge is -2.22. The summed E-state index contributed by atoms with van der Waals surface area (Å²) >= 11 is 0. The van der Waals surface area contributed by atoms with Crippen LogP contribution in [-0.4, -0.2) is 25.1 Å². The molecule has 1 aliphatic heterocycles. The van der Waals surface area contributed by atoms with Gasteiger partial charge in [0.2, 0.25) is 5.91 Å². The third kappa shape index (κ3) is 5.02. The summed E-state index contributed by atoms with van der Waals surface area (Å²) < 4.78 is 5.56. The molecule has 1 aromatic carbocycles. The molecular weight excluding hydrogens is 276 g/mol. The number of amides is 1. The first kappa shape index (κ1) is 16.8. The van der Waals surface area contributed by atoms with E-state index in [4.69, 9.17) is 4.74 Å². The Hall–Kier alpha value is -1.26. The molecule has 0 spiro atoms. The molecule has 4 nitrogen and oxygen atoms in total. The second-order valence-corrected chi connectivity index (χ2v) is 4.87. The van der Waals surface area contributed by atoms with Crippen molar-refractivity contribution in [3.05, 3.63) is 24.3 Å². The first-order chi connectivity index (χ1) is 9.29. The van der Waals surface area contributed by atoms with E-state index in [1.165, 1.54) is 0 Å². The summed E-state index contributed by atoms with van der Waals surface area (Å²) in [6.07, 6.45) is 4.16. The summed E-state index contributed by atoms with van der Waals surface area (Å²) in [5.74, 6) is 0.851. The lowest BCUT2D eigenvalue weighted by Crippen LogP contribution is -2.43. The van der Waals surface area contributed by atoms with Crippen LogP contribution in [0.15, 0.2) is 24.3 Å². The largest absolute Gasteiger partial charge is 0.494 e. The molecule has 1 fully saturated rings. The van der Waals surface area contributed by atoms with E-state index in [0.717, 1.165) is 43.7 Å². The minimum atomic E-state index is -0.0611. The fraction of sp³-hybridized carbons (Fsp3) is 0.533. The molecule has 1 unspecified atom stereocenters. The van der Waals surface area contributed by atoms with Crippen molar-refractivity contribution in [1.82, 2.24) is 5.32 Å². The normalized spacial score (nSPS) is 17.9. The zero-order chi connectivity index (χ0) is 13.5. The van der Waals surface area contributed by atoms with Gasteiger partial charge in [0.1, 0.15) is 5.75 Å². The zero-order valence-corrected chi connectivity index (χ0v) is 12.7. The first-order valence-corrected chi connectivity index (χ1v) is 7.06. The van der Waals surface area contributed by atoms with E-state index in [1.54, 1.807) is 0 Å². The van der Waals surface area contributed by atoms with Crippen molar-refractivity contribution in [3.8, 4) is 5.75 Å². The Balaban J connectivity index is 0.00000200. The molecule has 112 valence electrons. The van der Waals surface area contributed by atoms with Crippen molar-refractivity contribution < 1.29 is 9.53 Å².